The summed E-state index contributed by atoms with van der Waals surface area (Å²) in [6, 6.07) is 7.40. The lowest BCUT2D eigenvalue weighted by atomic mass is 9.88. The van der Waals surface area contributed by atoms with Gasteiger partial charge < -0.3 is 10.0 Å². The molecule has 0 atom stereocenters. The zero-order valence-corrected chi connectivity index (χ0v) is 11.1. The summed E-state index contributed by atoms with van der Waals surface area (Å²) in [6.45, 7) is 5.41. The fraction of sp³-hybridized carbons (Fsp3) is 0.333. The average Bonchev–Trinajstić information content (AvgIpc) is 2.36. The standard InChI is InChI=1S/C15H16N2O2/c1-15(2)6-8-17(15)10-3-4-13-12(9-10)11(14(18)19)5-7-16-13/h3-5,7,9H,6,8H2,1-2H3,(H,18,19). The van der Waals surface area contributed by atoms with E-state index >= 15 is 0 Å². The Balaban J connectivity index is 2.14. The fourth-order valence-corrected chi connectivity index (χ4v) is 2.64. The molecule has 1 aromatic carbocycles. The Bertz CT molecular complexity index is 664. The number of pyridine rings is 1. The molecule has 0 radical (unpaired) electrons. The van der Waals surface area contributed by atoms with Crippen molar-refractivity contribution in [3.63, 3.8) is 0 Å². The van der Waals surface area contributed by atoms with E-state index in [1.165, 1.54) is 0 Å². The first-order chi connectivity index (χ1) is 8.99. The summed E-state index contributed by atoms with van der Waals surface area (Å²) < 4.78 is 0. The summed E-state index contributed by atoms with van der Waals surface area (Å²) in [7, 11) is 0. The third-order valence-electron chi connectivity index (χ3n) is 3.95. The Kier molecular flexibility index (Phi) is 2.49. The van der Waals surface area contributed by atoms with Crippen LogP contribution in [-0.4, -0.2) is 28.1 Å². The first kappa shape index (κ1) is 12.0. The highest BCUT2D eigenvalue weighted by atomic mass is 16.4. The molecule has 98 valence electrons. The summed E-state index contributed by atoms with van der Waals surface area (Å²) in [6.07, 6.45) is 2.70. The molecule has 4 heteroatoms. The number of hydrogen-bond acceptors (Lipinski definition) is 3. The van der Waals surface area contributed by atoms with E-state index in [9.17, 15) is 9.90 Å². The van der Waals surface area contributed by atoms with Crippen molar-refractivity contribution < 1.29 is 9.90 Å². The number of fused-ring (bicyclic) bond motifs is 1. The van der Waals surface area contributed by atoms with Crippen molar-refractivity contribution in [2.75, 3.05) is 11.4 Å². The van der Waals surface area contributed by atoms with Gasteiger partial charge in [-0.2, -0.15) is 0 Å². The lowest BCUT2D eigenvalue weighted by Gasteiger charge is -2.50. The van der Waals surface area contributed by atoms with Gasteiger partial charge in [0.15, 0.2) is 0 Å². The Labute approximate surface area is 111 Å². The van der Waals surface area contributed by atoms with Crippen molar-refractivity contribution in [3.8, 4) is 0 Å². The summed E-state index contributed by atoms with van der Waals surface area (Å²) in [5, 5.41) is 9.95. The number of anilines is 1. The normalized spacial score (nSPS) is 17.3. The highest BCUT2D eigenvalue weighted by Crippen LogP contribution is 2.36. The second-order valence-electron chi connectivity index (χ2n) is 5.58. The molecule has 0 saturated carbocycles. The summed E-state index contributed by atoms with van der Waals surface area (Å²) >= 11 is 0. The first-order valence-corrected chi connectivity index (χ1v) is 6.39. The minimum absolute atomic E-state index is 0.152. The van der Waals surface area contributed by atoms with Crippen molar-refractivity contribution in [2.24, 2.45) is 0 Å². The molecule has 1 aliphatic heterocycles. The molecule has 1 saturated heterocycles. The maximum Gasteiger partial charge on any atom is 0.336 e. The molecule has 0 spiro atoms. The zero-order chi connectivity index (χ0) is 13.6. The fourth-order valence-electron chi connectivity index (χ4n) is 2.64. The summed E-state index contributed by atoms with van der Waals surface area (Å²) in [5.74, 6) is -0.910. The van der Waals surface area contributed by atoms with Gasteiger partial charge in [-0.1, -0.05) is 0 Å². The molecule has 1 aromatic heterocycles. The van der Waals surface area contributed by atoms with E-state index in [0.717, 1.165) is 24.2 Å². The van der Waals surface area contributed by atoms with Gasteiger partial charge in [-0.25, -0.2) is 4.79 Å². The van der Waals surface area contributed by atoms with Gasteiger partial charge in [0.1, 0.15) is 0 Å². The summed E-state index contributed by atoms with van der Waals surface area (Å²) in [4.78, 5) is 17.8. The molecule has 0 aliphatic carbocycles. The maximum absolute atomic E-state index is 11.3. The Morgan fingerprint density at radius 3 is 2.74 bits per heavy atom. The number of carboxylic acids is 1. The van der Waals surface area contributed by atoms with Gasteiger partial charge in [0.2, 0.25) is 0 Å². The molecule has 0 unspecified atom stereocenters. The lowest BCUT2D eigenvalue weighted by molar-refractivity contribution is 0.0699. The van der Waals surface area contributed by atoms with Crippen LogP contribution < -0.4 is 4.90 Å². The van der Waals surface area contributed by atoms with Crippen LogP contribution in [-0.2, 0) is 0 Å². The van der Waals surface area contributed by atoms with Gasteiger partial charge in [0, 0.05) is 29.4 Å². The number of nitrogens with zero attached hydrogens (tertiary/aromatic N) is 2. The number of carboxylic acid groups (broad SMARTS) is 1. The molecule has 19 heavy (non-hydrogen) atoms. The minimum Gasteiger partial charge on any atom is -0.478 e. The van der Waals surface area contributed by atoms with Crippen LogP contribution in [0.25, 0.3) is 10.9 Å². The van der Waals surface area contributed by atoms with Gasteiger partial charge >= 0.3 is 5.97 Å². The Morgan fingerprint density at radius 2 is 2.16 bits per heavy atom. The van der Waals surface area contributed by atoms with Gasteiger partial charge in [0.25, 0.3) is 0 Å². The SMILES string of the molecule is CC1(C)CCN1c1ccc2nccc(C(=O)O)c2c1. The van der Waals surface area contributed by atoms with Crippen molar-refractivity contribution in [3.05, 3.63) is 36.0 Å². The number of benzene rings is 1. The van der Waals surface area contributed by atoms with Crippen molar-refractivity contribution in [1.29, 1.82) is 0 Å². The van der Waals surface area contributed by atoms with Crippen LogP contribution in [0.5, 0.6) is 0 Å². The van der Waals surface area contributed by atoms with Crippen molar-refractivity contribution in [2.45, 2.75) is 25.8 Å². The number of carbonyl (C=O) groups is 1. The molecular formula is C15H16N2O2. The van der Waals surface area contributed by atoms with E-state index in [4.69, 9.17) is 0 Å². The van der Waals surface area contributed by atoms with Gasteiger partial charge in [0.05, 0.1) is 11.1 Å². The molecule has 1 aliphatic rings. The molecular weight excluding hydrogens is 240 g/mol. The predicted octanol–water partition coefficient (Wildman–Crippen LogP) is 2.92. The van der Waals surface area contributed by atoms with E-state index in [0.29, 0.717) is 10.9 Å². The highest BCUT2D eigenvalue weighted by molar-refractivity contribution is 6.03. The Morgan fingerprint density at radius 1 is 1.37 bits per heavy atom. The minimum atomic E-state index is -0.910. The molecule has 2 heterocycles. The van der Waals surface area contributed by atoms with Crippen LogP contribution >= 0.6 is 0 Å². The second-order valence-corrected chi connectivity index (χ2v) is 5.58. The molecule has 0 bridgehead atoms. The van der Waals surface area contributed by atoms with E-state index in [-0.39, 0.29) is 5.54 Å². The molecule has 3 rings (SSSR count). The smallest absolute Gasteiger partial charge is 0.336 e. The molecule has 0 amide bonds. The largest absolute Gasteiger partial charge is 0.478 e. The summed E-state index contributed by atoms with van der Waals surface area (Å²) in [5.41, 5.74) is 2.26. The number of aromatic carboxylic acids is 1. The molecule has 4 nitrogen and oxygen atoms in total. The number of aromatic nitrogens is 1. The van der Waals surface area contributed by atoms with Crippen LogP contribution in [0.15, 0.2) is 30.5 Å². The van der Waals surface area contributed by atoms with Crippen LogP contribution in [0.3, 0.4) is 0 Å². The van der Waals surface area contributed by atoms with Crippen LogP contribution in [0.2, 0.25) is 0 Å². The topological polar surface area (TPSA) is 53.4 Å². The van der Waals surface area contributed by atoms with Crippen LogP contribution in [0, 0.1) is 0 Å². The quantitative estimate of drug-likeness (QED) is 0.897. The van der Waals surface area contributed by atoms with Crippen molar-refractivity contribution >= 4 is 22.6 Å². The second kappa shape index (κ2) is 3.95. The third-order valence-corrected chi connectivity index (χ3v) is 3.95. The number of rotatable bonds is 2. The van der Waals surface area contributed by atoms with Crippen molar-refractivity contribution in [1.82, 2.24) is 4.98 Å². The van der Waals surface area contributed by atoms with Gasteiger partial charge in [-0.15, -0.1) is 0 Å². The predicted molar refractivity (Wildman–Crippen MR) is 74.7 cm³/mol. The molecule has 1 fully saturated rings. The third kappa shape index (κ3) is 1.84. The van der Waals surface area contributed by atoms with Gasteiger partial charge in [-0.05, 0) is 44.5 Å². The van der Waals surface area contributed by atoms with E-state index < -0.39 is 5.97 Å². The maximum atomic E-state index is 11.3. The monoisotopic (exact) mass is 256 g/mol. The van der Waals surface area contributed by atoms with E-state index in [1.54, 1.807) is 12.3 Å². The average molecular weight is 256 g/mol. The van der Waals surface area contributed by atoms with E-state index in [1.807, 2.05) is 18.2 Å². The zero-order valence-electron chi connectivity index (χ0n) is 11.1. The number of hydrogen-bond donors (Lipinski definition) is 1. The van der Waals surface area contributed by atoms with Crippen LogP contribution in [0.4, 0.5) is 5.69 Å². The van der Waals surface area contributed by atoms with Gasteiger partial charge in [-0.3, -0.25) is 4.98 Å². The lowest BCUT2D eigenvalue weighted by Crippen LogP contribution is -2.56. The van der Waals surface area contributed by atoms with E-state index in [2.05, 4.69) is 23.7 Å². The first-order valence-electron chi connectivity index (χ1n) is 6.39. The van der Waals surface area contributed by atoms with Crippen LogP contribution in [0.1, 0.15) is 30.6 Å². The molecule has 2 aromatic rings. The molecule has 1 N–H and O–H groups in total. The highest BCUT2D eigenvalue weighted by Gasteiger charge is 2.35. The Hall–Kier alpha value is -2.10.